The molecule has 1 unspecified atom stereocenters. The monoisotopic (exact) mass is 245 g/mol. The van der Waals surface area contributed by atoms with Crippen LogP contribution in [0.5, 0.6) is 0 Å². The van der Waals surface area contributed by atoms with Crippen molar-refractivity contribution in [2.24, 2.45) is 0 Å². The molecule has 82 valence electrons. The van der Waals surface area contributed by atoms with Crippen LogP contribution in [-0.4, -0.2) is 24.6 Å². The first-order valence-corrected chi connectivity index (χ1v) is 5.82. The van der Waals surface area contributed by atoms with Crippen LogP contribution in [0.15, 0.2) is 12.1 Å². The van der Waals surface area contributed by atoms with Crippen molar-refractivity contribution in [1.82, 2.24) is 0 Å². The van der Waals surface area contributed by atoms with Gasteiger partial charge in [-0.2, -0.15) is 0 Å². The molecule has 1 aromatic carbocycles. The van der Waals surface area contributed by atoms with Gasteiger partial charge in [-0.15, -0.1) is 11.6 Å². The number of anilines is 1. The summed E-state index contributed by atoms with van der Waals surface area (Å²) in [6.07, 6.45) is 0.356. The molecule has 0 saturated carbocycles. The van der Waals surface area contributed by atoms with Gasteiger partial charge >= 0.3 is 0 Å². The molecule has 2 nitrogen and oxygen atoms in total. The normalized spacial score (nSPS) is 16.7. The number of hydrogen-bond acceptors (Lipinski definition) is 2. The number of aliphatic hydroxyl groups is 1. The average Bonchev–Trinajstić information content (AvgIpc) is 2.59. The van der Waals surface area contributed by atoms with Gasteiger partial charge in [0.2, 0.25) is 0 Å². The van der Waals surface area contributed by atoms with Crippen LogP contribution in [0.4, 0.5) is 5.69 Å². The number of aliphatic hydroxyl groups excluding tert-OH is 1. The number of rotatable bonds is 2. The van der Waals surface area contributed by atoms with Gasteiger partial charge in [-0.3, -0.25) is 0 Å². The van der Waals surface area contributed by atoms with Crippen molar-refractivity contribution in [2.45, 2.75) is 12.5 Å². The van der Waals surface area contributed by atoms with Crippen LogP contribution in [0.1, 0.15) is 17.2 Å². The number of benzene rings is 1. The van der Waals surface area contributed by atoms with Crippen molar-refractivity contribution in [3.05, 3.63) is 28.3 Å². The summed E-state index contributed by atoms with van der Waals surface area (Å²) in [6, 6.07) is 3.80. The molecule has 4 heteroatoms. The molecule has 0 bridgehead atoms. The maximum Gasteiger partial charge on any atom is 0.0925 e. The molecule has 0 fully saturated rings. The number of fused-ring (bicyclic) bond motifs is 1. The second-order valence-electron chi connectivity index (χ2n) is 3.85. The zero-order chi connectivity index (χ0) is 11.0. The summed E-state index contributed by atoms with van der Waals surface area (Å²) >= 11 is 11.8. The van der Waals surface area contributed by atoms with Crippen LogP contribution < -0.4 is 4.90 Å². The average molecular weight is 246 g/mol. The van der Waals surface area contributed by atoms with E-state index in [-0.39, 0.29) is 5.88 Å². The van der Waals surface area contributed by atoms with Gasteiger partial charge in [-0.1, -0.05) is 17.7 Å². The number of halogens is 2. The number of nitrogens with zero attached hydrogens (tertiary/aromatic N) is 1. The number of hydrogen-bond donors (Lipinski definition) is 1. The molecule has 0 spiro atoms. The van der Waals surface area contributed by atoms with Gasteiger partial charge in [0.15, 0.2) is 0 Å². The first kappa shape index (κ1) is 11.1. The van der Waals surface area contributed by atoms with E-state index in [0.717, 1.165) is 24.2 Å². The third-order valence-corrected chi connectivity index (χ3v) is 3.37. The Kier molecular flexibility index (Phi) is 3.10. The topological polar surface area (TPSA) is 23.5 Å². The minimum atomic E-state index is -0.625. The fourth-order valence-corrected chi connectivity index (χ4v) is 2.55. The van der Waals surface area contributed by atoms with Gasteiger partial charge in [-0.05, 0) is 23.6 Å². The predicted octanol–water partition coefficient (Wildman–Crippen LogP) is 2.60. The van der Waals surface area contributed by atoms with Gasteiger partial charge in [0.05, 0.1) is 22.7 Å². The fourth-order valence-electron chi connectivity index (χ4n) is 1.98. The van der Waals surface area contributed by atoms with Gasteiger partial charge < -0.3 is 10.0 Å². The lowest BCUT2D eigenvalue weighted by molar-refractivity contribution is 0.202. The van der Waals surface area contributed by atoms with E-state index in [2.05, 4.69) is 4.90 Å². The molecule has 0 amide bonds. The Morgan fingerprint density at radius 2 is 2.27 bits per heavy atom. The van der Waals surface area contributed by atoms with Gasteiger partial charge in [0.25, 0.3) is 0 Å². The molecule has 1 aliphatic rings. The summed E-state index contributed by atoms with van der Waals surface area (Å²) < 4.78 is 0. The Morgan fingerprint density at radius 3 is 2.93 bits per heavy atom. The van der Waals surface area contributed by atoms with E-state index in [9.17, 15) is 5.11 Å². The molecule has 0 aliphatic carbocycles. The van der Waals surface area contributed by atoms with Crippen molar-refractivity contribution in [2.75, 3.05) is 24.4 Å². The summed E-state index contributed by atoms with van der Waals surface area (Å²) in [5.41, 5.74) is 3.09. The van der Waals surface area contributed by atoms with Gasteiger partial charge in [-0.25, -0.2) is 0 Å². The molecular formula is C11H13Cl2NO. The van der Waals surface area contributed by atoms with Crippen LogP contribution in [0.25, 0.3) is 0 Å². The number of likely N-dealkylation sites (N-methyl/N-ethyl adjacent to an activating group) is 1. The van der Waals surface area contributed by atoms with Crippen LogP contribution in [0.3, 0.4) is 0 Å². The molecule has 1 N–H and O–H groups in total. The highest BCUT2D eigenvalue weighted by Gasteiger charge is 2.21. The van der Waals surface area contributed by atoms with Crippen molar-refractivity contribution < 1.29 is 5.11 Å². The van der Waals surface area contributed by atoms with E-state index >= 15 is 0 Å². The Balaban J connectivity index is 2.44. The molecule has 1 aliphatic heterocycles. The van der Waals surface area contributed by atoms with Crippen molar-refractivity contribution in [3.63, 3.8) is 0 Å². The smallest absolute Gasteiger partial charge is 0.0925 e. The van der Waals surface area contributed by atoms with Crippen molar-refractivity contribution in [1.29, 1.82) is 0 Å². The van der Waals surface area contributed by atoms with Gasteiger partial charge in [0, 0.05) is 13.6 Å². The zero-order valence-corrected chi connectivity index (χ0v) is 10.0. The highest BCUT2D eigenvalue weighted by Crippen LogP contribution is 2.36. The fraction of sp³-hybridized carbons (Fsp3) is 0.455. The Morgan fingerprint density at radius 1 is 1.53 bits per heavy atom. The summed E-state index contributed by atoms with van der Waals surface area (Å²) in [4.78, 5) is 2.13. The standard InChI is InChI=1S/C11H13Cl2NO/c1-14-3-2-7-4-8(10(15)6-12)5-9(13)11(7)14/h4-5,10,15H,2-3,6H2,1H3. The molecular weight excluding hydrogens is 233 g/mol. The number of alkyl halides is 1. The Bertz CT molecular complexity index is 381. The van der Waals surface area contributed by atoms with E-state index in [1.807, 2.05) is 13.1 Å². The molecule has 15 heavy (non-hydrogen) atoms. The van der Waals surface area contributed by atoms with Crippen molar-refractivity contribution >= 4 is 28.9 Å². The first-order chi connectivity index (χ1) is 7.13. The maximum atomic E-state index is 9.65. The van der Waals surface area contributed by atoms with E-state index in [1.165, 1.54) is 5.56 Å². The molecule has 0 aromatic heterocycles. The Labute approximate surface area is 99.4 Å². The summed E-state index contributed by atoms with van der Waals surface area (Å²) in [5, 5.41) is 10.3. The first-order valence-electron chi connectivity index (χ1n) is 4.91. The SMILES string of the molecule is CN1CCc2cc(C(O)CCl)cc(Cl)c21. The van der Waals surface area contributed by atoms with Crippen LogP contribution in [0, 0.1) is 0 Å². The third-order valence-electron chi connectivity index (χ3n) is 2.79. The van der Waals surface area contributed by atoms with E-state index in [0.29, 0.717) is 5.02 Å². The highest BCUT2D eigenvalue weighted by molar-refractivity contribution is 6.33. The third kappa shape index (κ3) is 1.94. The van der Waals surface area contributed by atoms with Crippen LogP contribution in [-0.2, 0) is 6.42 Å². The van der Waals surface area contributed by atoms with Gasteiger partial charge in [0.1, 0.15) is 0 Å². The minimum absolute atomic E-state index is 0.199. The molecule has 0 radical (unpaired) electrons. The zero-order valence-electron chi connectivity index (χ0n) is 8.50. The predicted molar refractivity (Wildman–Crippen MR) is 64.1 cm³/mol. The molecule has 1 aromatic rings. The molecule has 1 atom stereocenters. The minimum Gasteiger partial charge on any atom is -0.387 e. The second kappa shape index (κ2) is 4.20. The maximum absolute atomic E-state index is 9.65. The summed E-state index contributed by atoms with van der Waals surface area (Å²) in [6.45, 7) is 0.982. The molecule has 0 saturated heterocycles. The lowest BCUT2D eigenvalue weighted by Crippen LogP contribution is -2.12. The Hall–Kier alpha value is -0.440. The van der Waals surface area contributed by atoms with Crippen molar-refractivity contribution in [3.8, 4) is 0 Å². The van der Waals surface area contributed by atoms with Crippen LogP contribution >= 0.6 is 23.2 Å². The quantitative estimate of drug-likeness (QED) is 0.811. The summed E-state index contributed by atoms with van der Waals surface area (Å²) in [5.74, 6) is 0.199. The highest BCUT2D eigenvalue weighted by atomic mass is 35.5. The lowest BCUT2D eigenvalue weighted by Gasteiger charge is -2.15. The molecule has 1 heterocycles. The second-order valence-corrected chi connectivity index (χ2v) is 4.57. The largest absolute Gasteiger partial charge is 0.387 e. The van der Waals surface area contributed by atoms with E-state index in [4.69, 9.17) is 23.2 Å². The lowest BCUT2D eigenvalue weighted by atomic mass is 10.0. The summed E-state index contributed by atoms with van der Waals surface area (Å²) in [7, 11) is 2.02. The van der Waals surface area contributed by atoms with E-state index in [1.54, 1.807) is 6.07 Å². The van der Waals surface area contributed by atoms with E-state index < -0.39 is 6.10 Å². The van der Waals surface area contributed by atoms with Crippen LogP contribution in [0.2, 0.25) is 5.02 Å². The molecule has 2 rings (SSSR count).